The van der Waals surface area contributed by atoms with Crippen molar-refractivity contribution in [1.29, 1.82) is 0 Å². The Morgan fingerprint density at radius 2 is 2.18 bits per heavy atom. The summed E-state index contributed by atoms with van der Waals surface area (Å²) in [5.41, 5.74) is 1.75. The van der Waals surface area contributed by atoms with Gasteiger partial charge in [0.2, 0.25) is 0 Å². The molecule has 1 aliphatic rings. The zero-order chi connectivity index (χ0) is 11.8. The molecule has 1 atom stereocenters. The molecule has 1 heterocycles. The third-order valence-corrected chi connectivity index (χ3v) is 3.52. The van der Waals surface area contributed by atoms with Crippen molar-refractivity contribution in [2.75, 3.05) is 0 Å². The van der Waals surface area contributed by atoms with Crippen LogP contribution >= 0.6 is 0 Å². The molecule has 1 amide bonds. The van der Waals surface area contributed by atoms with Gasteiger partial charge in [-0.3, -0.25) is 4.79 Å². The summed E-state index contributed by atoms with van der Waals surface area (Å²) < 4.78 is 0. The number of nitrogens with one attached hydrogen (secondary N) is 2. The summed E-state index contributed by atoms with van der Waals surface area (Å²) in [4.78, 5) is 15.3. The highest BCUT2D eigenvalue weighted by Crippen LogP contribution is 2.32. The molecule has 3 heteroatoms. The maximum absolute atomic E-state index is 12.1. The van der Waals surface area contributed by atoms with Gasteiger partial charge in [0.15, 0.2) is 0 Å². The van der Waals surface area contributed by atoms with Gasteiger partial charge in [-0.25, -0.2) is 0 Å². The van der Waals surface area contributed by atoms with Crippen LogP contribution in [0, 0.1) is 5.92 Å². The summed E-state index contributed by atoms with van der Waals surface area (Å²) in [5, 5.41) is 4.07. The van der Waals surface area contributed by atoms with Gasteiger partial charge >= 0.3 is 0 Å². The first-order chi connectivity index (χ1) is 8.25. The molecule has 1 aromatic heterocycles. The number of carbonyl (C=O) groups is 1. The van der Waals surface area contributed by atoms with Gasteiger partial charge in [0.25, 0.3) is 5.91 Å². The highest BCUT2D eigenvalue weighted by atomic mass is 16.1. The maximum Gasteiger partial charge on any atom is 0.253 e. The summed E-state index contributed by atoms with van der Waals surface area (Å²) >= 11 is 0. The number of amides is 1. The molecule has 0 aliphatic heterocycles. The van der Waals surface area contributed by atoms with E-state index in [0.717, 1.165) is 16.5 Å². The van der Waals surface area contributed by atoms with E-state index in [-0.39, 0.29) is 11.9 Å². The van der Waals surface area contributed by atoms with Crippen LogP contribution in [0.1, 0.15) is 30.1 Å². The van der Waals surface area contributed by atoms with Gasteiger partial charge in [0.05, 0.1) is 5.56 Å². The van der Waals surface area contributed by atoms with E-state index >= 15 is 0 Å². The van der Waals surface area contributed by atoms with Crippen LogP contribution in [0.5, 0.6) is 0 Å². The van der Waals surface area contributed by atoms with Gasteiger partial charge in [-0.15, -0.1) is 0 Å². The van der Waals surface area contributed by atoms with Crippen molar-refractivity contribution in [3.05, 3.63) is 36.0 Å². The lowest BCUT2D eigenvalue weighted by Gasteiger charge is -2.11. The van der Waals surface area contributed by atoms with Gasteiger partial charge in [-0.05, 0) is 31.7 Å². The van der Waals surface area contributed by atoms with Gasteiger partial charge in [0, 0.05) is 23.1 Å². The number of benzene rings is 1. The molecule has 0 bridgehead atoms. The van der Waals surface area contributed by atoms with Crippen molar-refractivity contribution in [2.45, 2.75) is 25.8 Å². The highest BCUT2D eigenvalue weighted by Gasteiger charge is 2.29. The lowest BCUT2D eigenvalue weighted by molar-refractivity contribution is 0.0937. The molecule has 1 fully saturated rings. The molecule has 0 radical (unpaired) electrons. The van der Waals surface area contributed by atoms with Crippen LogP contribution in [0.25, 0.3) is 10.9 Å². The number of hydrogen-bond donors (Lipinski definition) is 2. The summed E-state index contributed by atoms with van der Waals surface area (Å²) in [6, 6.07) is 8.17. The number of H-pyrrole nitrogens is 1. The quantitative estimate of drug-likeness (QED) is 0.833. The van der Waals surface area contributed by atoms with E-state index in [1.54, 1.807) is 6.20 Å². The van der Waals surface area contributed by atoms with Crippen molar-refractivity contribution < 1.29 is 4.79 Å². The minimum absolute atomic E-state index is 0.0295. The van der Waals surface area contributed by atoms with Gasteiger partial charge in [0.1, 0.15) is 0 Å². The molecule has 2 aromatic rings. The fourth-order valence-electron chi connectivity index (χ4n) is 2.26. The Kier molecular flexibility index (Phi) is 2.39. The van der Waals surface area contributed by atoms with Gasteiger partial charge in [-0.2, -0.15) is 0 Å². The molecule has 0 spiro atoms. The summed E-state index contributed by atoms with van der Waals surface area (Å²) in [7, 11) is 0. The van der Waals surface area contributed by atoms with Crippen LogP contribution in [-0.4, -0.2) is 16.9 Å². The zero-order valence-corrected chi connectivity index (χ0v) is 9.86. The number of aromatic nitrogens is 1. The second-order valence-corrected chi connectivity index (χ2v) is 4.85. The van der Waals surface area contributed by atoms with Crippen LogP contribution in [0.15, 0.2) is 30.5 Å². The molecule has 1 aliphatic carbocycles. The molecule has 88 valence electrons. The standard InChI is InChI=1S/C14H16N2O/c1-9(10-6-7-10)16-14(17)12-8-15-13-5-3-2-4-11(12)13/h2-5,8-10,15H,6-7H2,1H3,(H,16,17). The number of aromatic amines is 1. The fourth-order valence-corrected chi connectivity index (χ4v) is 2.26. The molecule has 17 heavy (non-hydrogen) atoms. The van der Waals surface area contributed by atoms with E-state index in [0.29, 0.717) is 5.92 Å². The third kappa shape index (κ3) is 1.93. The summed E-state index contributed by atoms with van der Waals surface area (Å²) in [6.07, 6.45) is 4.28. The van der Waals surface area contributed by atoms with Crippen molar-refractivity contribution in [3.8, 4) is 0 Å². The van der Waals surface area contributed by atoms with Crippen molar-refractivity contribution in [2.24, 2.45) is 5.92 Å². The number of para-hydroxylation sites is 1. The molecule has 1 aromatic carbocycles. The average Bonchev–Trinajstić information content (AvgIpc) is 3.09. The molecule has 3 nitrogen and oxygen atoms in total. The number of rotatable bonds is 3. The molecule has 1 saturated carbocycles. The average molecular weight is 228 g/mol. The Bertz CT molecular complexity index is 554. The Hall–Kier alpha value is -1.77. The Balaban J connectivity index is 1.85. The molecule has 2 N–H and O–H groups in total. The van der Waals surface area contributed by atoms with Crippen molar-refractivity contribution in [1.82, 2.24) is 10.3 Å². The molecular weight excluding hydrogens is 212 g/mol. The Labute approximate surface area is 100 Å². The predicted octanol–water partition coefficient (Wildman–Crippen LogP) is 2.70. The lowest BCUT2D eigenvalue weighted by atomic mass is 10.1. The summed E-state index contributed by atoms with van der Waals surface area (Å²) in [5.74, 6) is 0.714. The van der Waals surface area contributed by atoms with Crippen LogP contribution < -0.4 is 5.32 Å². The second kappa shape index (κ2) is 3.91. The summed E-state index contributed by atoms with van der Waals surface area (Å²) in [6.45, 7) is 2.09. The second-order valence-electron chi connectivity index (χ2n) is 4.85. The highest BCUT2D eigenvalue weighted by molar-refractivity contribution is 6.06. The van der Waals surface area contributed by atoms with E-state index in [1.165, 1.54) is 12.8 Å². The molecule has 1 unspecified atom stereocenters. The fraction of sp³-hybridized carbons (Fsp3) is 0.357. The van der Waals surface area contributed by atoms with E-state index < -0.39 is 0 Å². The largest absolute Gasteiger partial charge is 0.360 e. The Morgan fingerprint density at radius 1 is 1.41 bits per heavy atom. The van der Waals surface area contributed by atoms with Crippen LogP contribution in [0.2, 0.25) is 0 Å². The number of hydrogen-bond acceptors (Lipinski definition) is 1. The Morgan fingerprint density at radius 3 is 2.94 bits per heavy atom. The van der Waals surface area contributed by atoms with Crippen molar-refractivity contribution >= 4 is 16.8 Å². The van der Waals surface area contributed by atoms with Gasteiger partial charge in [-0.1, -0.05) is 18.2 Å². The monoisotopic (exact) mass is 228 g/mol. The topological polar surface area (TPSA) is 44.9 Å². The first-order valence-corrected chi connectivity index (χ1v) is 6.12. The van der Waals surface area contributed by atoms with E-state index in [1.807, 2.05) is 24.3 Å². The third-order valence-electron chi connectivity index (χ3n) is 3.52. The minimum atomic E-state index is 0.0295. The number of fused-ring (bicyclic) bond motifs is 1. The predicted molar refractivity (Wildman–Crippen MR) is 68.0 cm³/mol. The van der Waals surface area contributed by atoms with E-state index in [9.17, 15) is 4.79 Å². The molecular formula is C14H16N2O. The van der Waals surface area contributed by atoms with Crippen LogP contribution in [-0.2, 0) is 0 Å². The smallest absolute Gasteiger partial charge is 0.253 e. The molecule has 0 saturated heterocycles. The molecule has 3 rings (SSSR count). The lowest BCUT2D eigenvalue weighted by Crippen LogP contribution is -2.33. The van der Waals surface area contributed by atoms with Crippen LogP contribution in [0.4, 0.5) is 0 Å². The van der Waals surface area contributed by atoms with Crippen LogP contribution in [0.3, 0.4) is 0 Å². The van der Waals surface area contributed by atoms with Gasteiger partial charge < -0.3 is 10.3 Å². The first-order valence-electron chi connectivity index (χ1n) is 6.12. The first kappa shape index (κ1) is 10.4. The SMILES string of the molecule is CC(NC(=O)c1c[nH]c2ccccc12)C1CC1. The van der Waals surface area contributed by atoms with E-state index in [2.05, 4.69) is 17.2 Å². The van der Waals surface area contributed by atoms with E-state index in [4.69, 9.17) is 0 Å². The van der Waals surface area contributed by atoms with Crippen molar-refractivity contribution in [3.63, 3.8) is 0 Å². The zero-order valence-electron chi connectivity index (χ0n) is 9.86. The maximum atomic E-state index is 12.1. The number of carbonyl (C=O) groups excluding carboxylic acids is 1. The normalized spacial score (nSPS) is 17.0. The minimum Gasteiger partial charge on any atom is -0.360 e.